The third-order valence-corrected chi connectivity index (χ3v) is 4.88. The van der Waals surface area contributed by atoms with Crippen molar-refractivity contribution in [2.75, 3.05) is 33.7 Å². The summed E-state index contributed by atoms with van der Waals surface area (Å²) in [6, 6.07) is 10.6. The van der Waals surface area contributed by atoms with Crippen molar-refractivity contribution in [3.63, 3.8) is 0 Å². The molecule has 2 rings (SSSR count). The molecule has 1 fully saturated rings. The number of benzene rings is 1. The number of rotatable bonds is 7. The van der Waals surface area contributed by atoms with Gasteiger partial charge >= 0.3 is 0 Å². The molecule has 1 unspecified atom stereocenters. The molecule has 0 aromatic heterocycles. The maximum Gasteiger partial charge on any atom is 0.222 e. The van der Waals surface area contributed by atoms with Gasteiger partial charge in [-0.15, -0.1) is 0 Å². The lowest BCUT2D eigenvalue weighted by atomic mass is 9.94. The van der Waals surface area contributed by atoms with Gasteiger partial charge in [-0.3, -0.25) is 4.79 Å². The van der Waals surface area contributed by atoms with Crippen LogP contribution in [0.15, 0.2) is 30.3 Å². The number of carbonyl (C=O) groups excluding carboxylic acids is 1. The SMILES string of the molecule is CC(CCc1ccccc1)CC(=O)N1CCC(CN(C)C)CC1. The van der Waals surface area contributed by atoms with Crippen molar-refractivity contribution in [1.29, 1.82) is 0 Å². The highest BCUT2D eigenvalue weighted by Gasteiger charge is 2.23. The first-order valence-electron chi connectivity index (χ1n) is 9.01. The van der Waals surface area contributed by atoms with Crippen molar-refractivity contribution in [3.05, 3.63) is 35.9 Å². The Hall–Kier alpha value is -1.35. The molecule has 1 saturated heterocycles. The van der Waals surface area contributed by atoms with Crippen molar-refractivity contribution < 1.29 is 4.79 Å². The van der Waals surface area contributed by atoms with Crippen molar-refractivity contribution in [2.45, 2.75) is 39.0 Å². The first-order valence-corrected chi connectivity index (χ1v) is 9.01. The predicted molar refractivity (Wildman–Crippen MR) is 96.4 cm³/mol. The van der Waals surface area contributed by atoms with Gasteiger partial charge in [-0.25, -0.2) is 0 Å². The van der Waals surface area contributed by atoms with Crippen LogP contribution in [0.25, 0.3) is 0 Å². The second-order valence-corrected chi connectivity index (χ2v) is 7.42. The van der Waals surface area contributed by atoms with Gasteiger partial charge in [0.2, 0.25) is 5.91 Å². The number of amides is 1. The molecule has 3 heteroatoms. The zero-order valence-electron chi connectivity index (χ0n) is 15.0. The van der Waals surface area contributed by atoms with E-state index >= 15 is 0 Å². The Morgan fingerprint density at radius 1 is 1.22 bits per heavy atom. The summed E-state index contributed by atoms with van der Waals surface area (Å²) in [6.45, 7) is 5.25. The third kappa shape index (κ3) is 6.34. The Kier molecular flexibility index (Phi) is 7.10. The summed E-state index contributed by atoms with van der Waals surface area (Å²) in [6.07, 6.45) is 5.17. The van der Waals surface area contributed by atoms with Gasteiger partial charge in [0.25, 0.3) is 0 Å². The summed E-state index contributed by atoms with van der Waals surface area (Å²) in [4.78, 5) is 16.8. The monoisotopic (exact) mass is 316 g/mol. The van der Waals surface area contributed by atoms with Crippen molar-refractivity contribution in [3.8, 4) is 0 Å². The minimum absolute atomic E-state index is 0.355. The zero-order valence-corrected chi connectivity index (χ0v) is 15.0. The lowest BCUT2D eigenvalue weighted by Gasteiger charge is -2.33. The topological polar surface area (TPSA) is 23.6 Å². The van der Waals surface area contributed by atoms with E-state index in [9.17, 15) is 4.79 Å². The molecule has 128 valence electrons. The molecule has 23 heavy (non-hydrogen) atoms. The average molecular weight is 316 g/mol. The van der Waals surface area contributed by atoms with Crippen LogP contribution in [0.1, 0.15) is 38.2 Å². The van der Waals surface area contributed by atoms with Gasteiger partial charge in [0.15, 0.2) is 0 Å². The molecule has 1 aromatic rings. The van der Waals surface area contributed by atoms with E-state index in [4.69, 9.17) is 0 Å². The molecule has 0 N–H and O–H groups in total. The molecule has 1 aliphatic heterocycles. The fraction of sp³-hybridized carbons (Fsp3) is 0.650. The van der Waals surface area contributed by atoms with E-state index in [0.717, 1.165) is 51.2 Å². The van der Waals surface area contributed by atoms with E-state index in [0.29, 0.717) is 18.2 Å². The minimum Gasteiger partial charge on any atom is -0.343 e. The minimum atomic E-state index is 0.355. The zero-order chi connectivity index (χ0) is 16.7. The quantitative estimate of drug-likeness (QED) is 0.769. The summed E-state index contributed by atoms with van der Waals surface area (Å²) >= 11 is 0. The molecule has 0 radical (unpaired) electrons. The third-order valence-electron chi connectivity index (χ3n) is 4.88. The molecular weight excluding hydrogens is 284 g/mol. The Morgan fingerprint density at radius 3 is 2.48 bits per heavy atom. The van der Waals surface area contributed by atoms with Gasteiger partial charge in [0, 0.05) is 26.1 Å². The Labute approximate surface area is 141 Å². The van der Waals surface area contributed by atoms with Gasteiger partial charge in [-0.1, -0.05) is 37.3 Å². The average Bonchev–Trinajstić information content (AvgIpc) is 2.54. The molecule has 0 aliphatic carbocycles. The fourth-order valence-corrected chi connectivity index (χ4v) is 3.47. The smallest absolute Gasteiger partial charge is 0.222 e. The molecule has 0 bridgehead atoms. The van der Waals surface area contributed by atoms with Crippen LogP contribution in [-0.4, -0.2) is 49.4 Å². The first-order chi connectivity index (χ1) is 11.0. The maximum atomic E-state index is 12.5. The molecule has 1 aromatic carbocycles. The number of nitrogens with zero attached hydrogens (tertiary/aromatic N) is 2. The molecule has 0 spiro atoms. The predicted octanol–water partition coefficient (Wildman–Crippen LogP) is 3.45. The molecule has 1 heterocycles. The number of carbonyl (C=O) groups is 1. The van der Waals surface area contributed by atoms with Crippen LogP contribution >= 0.6 is 0 Å². The molecule has 1 amide bonds. The highest BCUT2D eigenvalue weighted by Crippen LogP contribution is 2.20. The summed E-state index contributed by atoms with van der Waals surface area (Å²) in [5.41, 5.74) is 1.37. The van der Waals surface area contributed by atoms with Gasteiger partial charge in [0.05, 0.1) is 0 Å². The van der Waals surface area contributed by atoms with Gasteiger partial charge in [-0.2, -0.15) is 0 Å². The second-order valence-electron chi connectivity index (χ2n) is 7.42. The lowest BCUT2D eigenvalue weighted by Crippen LogP contribution is -2.41. The second kappa shape index (κ2) is 9.07. The Balaban J connectivity index is 1.68. The van der Waals surface area contributed by atoms with E-state index < -0.39 is 0 Å². The van der Waals surface area contributed by atoms with Crippen molar-refractivity contribution in [1.82, 2.24) is 9.80 Å². The van der Waals surface area contributed by atoms with Crippen molar-refractivity contribution in [2.24, 2.45) is 11.8 Å². The molecule has 1 aliphatic rings. The number of aryl methyl sites for hydroxylation is 1. The van der Waals surface area contributed by atoms with E-state index in [1.165, 1.54) is 5.56 Å². The molecule has 1 atom stereocenters. The first kappa shape index (κ1) is 18.0. The van der Waals surface area contributed by atoms with E-state index in [-0.39, 0.29) is 0 Å². The number of piperidine rings is 1. The Bertz CT molecular complexity index is 464. The largest absolute Gasteiger partial charge is 0.343 e. The van der Waals surface area contributed by atoms with E-state index in [2.05, 4.69) is 61.2 Å². The molecular formula is C20H32N2O. The summed E-state index contributed by atoms with van der Waals surface area (Å²) < 4.78 is 0. The highest BCUT2D eigenvalue weighted by atomic mass is 16.2. The maximum absolute atomic E-state index is 12.5. The summed E-state index contributed by atoms with van der Waals surface area (Å²) in [5.74, 6) is 1.57. The van der Waals surface area contributed by atoms with Crippen LogP contribution in [0.4, 0.5) is 0 Å². The lowest BCUT2D eigenvalue weighted by molar-refractivity contribution is -0.133. The number of likely N-dealkylation sites (tertiary alicyclic amines) is 1. The standard InChI is InChI=1S/C20H32N2O/c1-17(9-10-18-7-5-4-6-8-18)15-20(23)22-13-11-19(12-14-22)16-21(2)3/h4-8,17,19H,9-16H2,1-3H3. The van der Waals surface area contributed by atoms with E-state index in [1.807, 2.05) is 0 Å². The van der Waals surface area contributed by atoms with Crippen LogP contribution in [0, 0.1) is 11.8 Å². The van der Waals surface area contributed by atoms with Crippen LogP contribution in [0.3, 0.4) is 0 Å². The Morgan fingerprint density at radius 2 is 1.87 bits per heavy atom. The van der Waals surface area contributed by atoms with Crippen molar-refractivity contribution >= 4 is 5.91 Å². The normalized spacial score (nSPS) is 17.5. The van der Waals surface area contributed by atoms with Crippen LogP contribution in [-0.2, 0) is 11.2 Å². The van der Waals surface area contributed by atoms with Gasteiger partial charge in [0.1, 0.15) is 0 Å². The fourth-order valence-electron chi connectivity index (χ4n) is 3.47. The van der Waals surface area contributed by atoms with E-state index in [1.54, 1.807) is 0 Å². The van der Waals surface area contributed by atoms with Crippen LogP contribution < -0.4 is 0 Å². The van der Waals surface area contributed by atoms with Crippen LogP contribution in [0.2, 0.25) is 0 Å². The number of hydrogen-bond donors (Lipinski definition) is 0. The number of hydrogen-bond acceptors (Lipinski definition) is 2. The summed E-state index contributed by atoms with van der Waals surface area (Å²) in [5, 5.41) is 0. The van der Waals surface area contributed by atoms with Crippen LogP contribution in [0.5, 0.6) is 0 Å². The summed E-state index contributed by atoms with van der Waals surface area (Å²) in [7, 11) is 4.26. The van der Waals surface area contributed by atoms with Gasteiger partial charge in [-0.05, 0) is 57.2 Å². The highest BCUT2D eigenvalue weighted by molar-refractivity contribution is 5.76. The molecule has 0 saturated carbocycles. The molecule has 3 nitrogen and oxygen atoms in total. The van der Waals surface area contributed by atoms with Gasteiger partial charge < -0.3 is 9.80 Å².